The second kappa shape index (κ2) is 5.27. The van der Waals surface area contributed by atoms with Crippen LogP contribution < -0.4 is 16.2 Å². The van der Waals surface area contributed by atoms with Crippen molar-refractivity contribution in [2.24, 2.45) is 5.73 Å². The fraction of sp³-hybridized carbons (Fsp3) is 0.400. The summed E-state index contributed by atoms with van der Waals surface area (Å²) in [6, 6.07) is 5.16. The quantitative estimate of drug-likeness (QED) is 0.914. The Morgan fingerprint density at radius 2 is 2.29 bits per heavy atom. The number of thiazole rings is 1. The first-order valence-corrected chi connectivity index (χ1v) is 7.80. The highest BCUT2D eigenvalue weighted by molar-refractivity contribution is 7.15. The van der Waals surface area contributed by atoms with E-state index in [1.54, 1.807) is 18.2 Å². The van der Waals surface area contributed by atoms with Crippen molar-refractivity contribution < 1.29 is 9.13 Å². The Labute approximate surface area is 126 Å². The maximum Gasteiger partial charge on any atom is 0.180 e. The van der Waals surface area contributed by atoms with Gasteiger partial charge in [-0.3, -0.25) is 0 Å². The van der Waals surface area contributed by atoms with Crippen molar-refractivity contribution in [3.8, 4) is 5.75 Å². The van der Waals surface area contributed by atoms with Crippen molar-refractivity contribution >= 4 is 16.5 Å². The predicted molar refractivity (Wildman–Crippen MR) is 82.0 cm³/mol. The molecule has 0 fully saturated rings. The first-order chi connectivity index (χ1) is 10.0. The third-order valence-corrected chi connectivity index (χ3v) is 4.81. The van der Waals surface area contributed by atoms with E-state index in [0.29, 0.717) is 30.1 Å². The number of anilines is 1. The van der Waals surface area contributed by atoms with Crippen LogP contribution >= 0.6 is 11.3 Å². The molecule has 0 spiro atoms. The molecule has 1 atom stereocenters. The van der Waals surface area contributed by atoms with Crippen LogP contribution in [0.5, 0.6) is 5.75 Å². The van der Waals surface area contributed by atoms with Crippen molar-refractivity contribution in [3.63, 3.8) is 0 Å². The van der Waals surface area contributed by atoms with Gasteiger partial charge in [-0.15, -0.1) is 11.3 Å². The van der Waals surface area contributed by atoms with Crippen LogP contribution in [0.15, 0.2) is 18.2 Å². The van der Waals surface area contributed by atoms with Crippen molar-refractivity contribution in [2.45, 2.75) is 31.7 Å². The summed E-state index contributed by atoms with van der Waals surface area (Å²) in [5.41, 5.74) is 13.0. The molecule has 4 nitrogen and oxygen atoms in total. The number of nitrogens with two attached hydrogens (primary N) is 2. The summed E-state index contributed by atoms with van der Waals surface area (Å²) < 4.78 is 20.0. The molecule has 1 aliphatic rings. The molecular weight excluding hydrogens is 289 g/mol. The maximum absolute atomic E-state index is 14.6. The number of halogens is 1. The summed E-state index contributed by atoms with van der Waals surface area (Å²) in [6.45, 7) is 2.25. The van der Waals surface area contributed by atoms with Crippen LogP contribution in [0.3, 0.4) is 0 Å². The summed E-state index contributed by atoms with van der Waals surface area (Å²) >= 11 is 1.44. The first kappa shape index (κ1) is 14.3. The number of hydrogen-bond acceptors (Lipinski definition) is 5. The molecule has 3 rings (SSSR count). The van der Waals surface area contributed by atoms with E-state index in [1.165, 1.54) is 11.3 Å². The molecule has 1 heterocycles. The van der Waals surface area contributed by atoms with Gasteiger partial charge in [0, 0.05) is 22.4 Å². The Kier molecular flexibility index (Phi) is 3.59. The van der Waals surface area contributed by atoms with Crippen molar-refractivity contribution in [1.82, 2.24) is 4.98 Å². The molecule has 1 aliphatic carbocycles. The maximum atomic E-state index is 14.6. The Bertz CT molecular complexity index is 673. The number of nitrogens with zero attached hydrogens (tertiary/aromatic N) is 1. The molecule has 21 heavy (non-hydrogen) atoms. The van der Waals surface area contributed by atoms with Gasteiger partial charge < -0.3 is 16.2 Å². The largest absolute Gasteiger partial charge is 0.491 e. The van der Waals surface area contributed by atoms with Crippen LogP contribution in [0.1, 0.15) is 29.5 Å². The van der Waals surface area contributed by atoms with Crippen LogP contribution in [0, 0.1) is 5.82 Å². The second-order valence-electron chi connectivity index (χ2n) is 5.31. The number of benzene rings is 1. The number of nitrogen functional groups attached to an aromatic ring is 1. The first-order valence-electron chi connectivity index (χ1n) is 6.98. The van der Waals surface area contributed by atoms with Gasteiger partial charge in [-0.1, -0.05) is 12.1 Å². The van der Waals surface area contributed by atoms with Gasteiger partial charge in [-0.05, 0) is 25.8 Å². The third kappa shape index (κ3) is 2.49. The summed E-state index contributed by atoms with van der Waals surface area (Å²) in [6.07, 6.45) is 1.93. The lowest BCUT2D eigenvalue weighted by atomic mass is 9.78. The molecule has 0 aliphatic heterocycles. The van der Waals surface area contributed by atoms with E-state index in [9.17, 15) is 4.39 Å². The van der Waals surface area contributed by atoms with E-state index in [-0.39, 0.29) is 11.6 Å². The zero-order valence-electron chi connectivity index (χ0n) is 11.9. The van der Waals surface area contributed by atoms with Gasteiger partial charge in [0.15, 0.2) is 16.7 Å². The van der Waals surface area contributed by atoms with E-state index in [0.717, 1.165) is 17.0 Å². The zero-order valence-corrected chi connectivity index (χ0v) is 12.7. The Balaban J connectivity index is 1.98. The summed E-state index contributed by atoms with van der Waals surface area (Å²) in [4.78, 5) is 5.36. The lowest BCUT2D eigenvalue weighted by Crippen LogP contribution is -2.42. The van der Waals surface area contributed by atoms with Gasteiger partial charge in [0.1, 0.15) is 0 Å². The highest BCUT2D eigenvalue weighted by Crippen LogP contribution is 2.39. The zero-order chi connectivity index (χ0) is 15.0. The molecule has 6 heteroatoms. The van der Waals surface area contributed by atoms with Gasteiger partial charge in [0.05, 0.1) is 12.3 Å². The van der Waals surface area contributed by atoms with E-state index in [4.69, 9.17) is 16.2 Å². The van der Waals surface area contributed by atoms with Gasteiger partial charge in [0.2, 0.25) is 0 Å². The molecule has 0 amide bonds. The summed E-state index contributed by atoms with van der Waals surface area (Å²) in [7, 11) is 0. The Hall–Kier alpha value is -1.66. The Morgan fingerprint density at radius 1 is 1.48 bits per heavy atom. The highest BCUT2D eigenvalue weighted by atomic mass is 32.1. The molecule has 1 aromatic heterocycles. The van der Waals surface area contributed by atoms with E-state index < -0.39 is 5.54 Å². The SMILES string of the molecule is CCOc1cccc(C2(N)CCc3nc(N)sc3C2)c1F. The molecule has 0 bridgehead atoms. The van der Waals surface area contributed by atoms with Gasteiger partial charge in [0.25, 0.3) is 0 Å². The lowest BCUT2D eigenvalue weighted by molar-refractivity contribution is 0.309. The Morgan fingerprint density at radius 3 is 3.05 bits per heavy atom. The predicted octanol–water partition coefficient (Wildman–Crippen LogP) is 2.61. The van der Waals surface area contributed by atoms with Gasteiger partial charge >= 0.3 is 0 Å². The normalized spacial score (nSPS) is 21.1. The monoisotopic (exact) mass is 307 g/mol. The molecule has 1 unspecified atom stereocenters. The number of aryl methyl sites for hydroxylation is 1. The molecule has 0 radical (unpaired) electrons. The van der Waals surface area contributed by atoms with Crippen LogP contribution in [-0.2, 0) is 18.4 Å². The standard InChI is InChI=1S/C15H18FN3OS/c1-2-20-11-5-3-4-9(13(11)16)15(18)7-6-10-12(8-15)21-14(17)19-10/h3-5H,2,6-8,18H2,1H3,(H2,17,19). The van der Waals surface area contributed by atoms with Crippen LogP contribution in [-0.4, -0.2) is 11.6 Å². The lowest BCUT2D eigenvalue weighted by Gasteiger charge is -2.33. The molecule has 2 aromatic rings. The number of ether oxygens (including phenoxy) is 1. The van der Waals surface area contributed by atoms with E-state index in [1.807, 2.05) is 6.92 Å². The van der Waals surface area contributed by atoms with Crippen LogP contribution in [0.25, 0.3) is 0 Å². The number of hydrogen-bond donors (Lipinski definition) is 2. The molecule has 112 valence electrons. The van der Waals surface area contributed by atoms with E-state index >= 15 is 0 Å². The molecule has 0 saturated heterocycles. The van der Waals surface area contributed by atoms with Crippen LogP contribution in [0.2, 0.25) is 0 Å². The van der Waals surface area contributed by atoms with Crippen molar-refractivity contribution in [2.75, 3.05) is 12.3 Å². The van der Waals surface area contributed by atoms with Gasteiger partial charge in [-0.25, -0.2) is 9.37 Å². The topological polar surface area (TPSA) is 74.2 Å². The molecular formula is C15H18FN3OS. The minimum Gasteiger partial charge on any atom is -0.491 e. The summed E-state index contributed by atoms with van der Waals surface area (Å²) in [5.74, 6) is -0.0998. The van der Waals surface area contributed by atoms with Crippen molar-refractivity contribution in [3.05, 3.63) is 40.2 Å². The fourth-order valence-corrected chi connectivity index (χ4v) is 3.85. The number of aromatic nitrogens is 1. The van der Waals surface area contributed by atoms with Gasteiger partial charge in [-0.2, -0.15) is 0 Å². The number of rotatable bonds is 3. The fourth-order valence-electron chi connectivity index (χ4n) is 2.85. The average Bonchev–Trinajstić information content (AvgIpc) is 2.80. The van der Waals surface area contributed by atoms with Crippen molar-refractivity contribution in [1.29, 1.82) is 0 Å². The smallest absolute Gasteiger partial charge is 0.180 e. The molecule has 1 aromatic carbocycles. The average molecular weight is 307 g/mol. The third-order valence-electron chi connectivity index (χ3n) is 3.88. The van der Waals surface area contributed by atoms with E-state index in [2.05, 4.69) is 4.98 Å². The second-order valence-corrected chi connectivity index (χ2v) is 6.42. The molecule has 4 N–H and O–H groups in total. The summed E-state index contributed by atoms with van der Waals surface area (Å²) in [5, 5.41) is 0.549. The minimum atomic E-state index is -0.733. The highest BCUT2D eigenvalue weighted by Gasteiger charge is 2.36. The van der Waals surface area contributed by atoms with Crippen LogP contribution in [0.4, 0.5) is 9.52 Å². The molecule has 0 saturated carbocycles. The number of fused-ring (bicyclic) bond motifs is 1. The minimum absolute atomic E-state index is 0.259.